The van der Waals surface area contributed by atoms with Crippen LogP contribution in [0.2, 0.25) is 0 Å². The van der Waals surface area contributed by atoms with Gasteiger partial charge in [-0.25, -0.2) is 0 Å². The first-order chi connectivity index (χ1) is 9.75. The van der Waals surface area contributed by atoms with Gasteiger partial charge in [-0.05, 0) is 43.4 Å². The molecule has 1 atom stereocenters. The molecule has 20 heavy (non-hydrogen) atoms. The highest BCUT2D eigenvalue weighted by Crippen LogP contribution is 2.33. The van der Waals surface area contributed by atoms with Crippen LogP contribution < -0.4 is 5.32 Å². The Labute approximate surface area is 121 Å². The van der Waals surface area contributed by atoms with E-state index in [4.69, 9.17) is 0 Å². The Morgan fingerprint density at radius 1 is 1.35 bits per heavy atom. The van der Waals surface area contributed by atoms with Crippen molar-refractivity contribution < 1.29 is 4.79 Å². The van der Waals surface area contributed by atoms with Crippen LogP contribution in [-0.2, 0) is 17.8 Å². The Hall–Kier alpha value is -1.35. The van der Waals surface area contributed by atoms with E-state index in [1.165, 1.54) is 11.1 Å². The first kappa shape index (κ1) is 13.6. The van der Waals surface area contributed by atoms with Gasteiger partial charge in [0.15, 0.2) is 0 Å². The summed E-state index contributed by atoms with van der Waals surface area (Å²) < 4.78 is 0. The van der Waals surface area contributed by atoms with E-state index in [0.29, 0.717) is 5.91 Å². The van der Waals surface area contributed by atoms with Crippen molar-refractivity contribution >= 4 is 5.91 Å². The average Bonchev–Trinajstić information content (AvgIpc) is 2.87. The molecule has 108 valence electrons. The van der Waals surface area contributed by atoms with Crippen LogP contribution in [0.3, 0.4) is 0 Å². The molecular formula is C17H24N2O. The molecule has 3 rings (SSSR count). The van der Waals surface area contributed by atoms with Crippen molar-refractivity contribution in [2.24, 2.45) is 5.41 Å². The van der Waals surface area contributed by atoms with E-state index in [1.54, 1.807) is 0 Å². The number of amides is 1. The molecule has 0 spiro atoms. The smallest absolute Gasteiger partial charge is 0.230 e. The highest BCUT2D eigenvalue weighted by molar-refractivity contribution is 5.83. The molecule has 1 aromatic rings. The Bertz CT molecular complexity index is 492. The lowest BCUT2D eigenvalue weighted by Crippen LogP contribution is -2.44. The Morgan fingerprint density at radius 2 is 2.15 bits per heavy atom. The Morgan fingerprint density at radius 3 is 2.85 bits per heavy atom. The number of hydrogen-bond acceptors (Lipinski definition) is 2. The topological polar surface area (TPSA) is 32.3 Å². The summed E-state index contributed by atoms with van der Waals surface area (Å²) in [5, 5.41) is 3.37. The van der Waals surface area contributed by atoms with E-state index in [2.05, 4.69) is 41.4 Å². The maximum absolute atomic E-state index is 13.0. The summed E-state index contributed by atoms with van der Waals surface area (Å²) in [6.07, 6.45) is 4.10. The SMILES string of the molecule is CCC1(C(=O)N2CCCc3ccccc3C2)CCNC1. The summed E-state index contributed by atoms with van der Waals surface area (Å²) in [6, 6.07) is 8.56. The molecule has 0 aliphatic carbocycles. The summed E-state index contributed by atoms with van der Waals surface area (Å²) in [4.78, 5) is 15.1. The molecule has 0 aromatic heterocycles. The molecule has 1 amide bonds. The zero-order valence-corrected chi connectivity index (χ0v) is 12.3. The Balaban J connectivity index is 1.82. The van der Waals surface area contributed by atoms with Crippen molar-refractivity contribution in [1.29, 1.82) is 0 Å². The van der Waals surface area contributed by atoms with Gasteiger partial charge in [0.2, 0.25) is 5.91 Å². The minimum Gasteiger partial charge on any atom is -0.338 e. The third-order valence-electron chi connectivity index (χ3n) is 5.02. The number of aryl methyl sites for hydroxylation is 1. The van der Waals surface area contributed by atoms with Crippen LogP contribution in [0.1, 0.15) is 37.3 Å². The maximum atomic E-state index is 13.0. The van der Waals surface area contributed by atoms with Gasteiger partial charge in [0.25, 0.3) is 0 Å². The minimum absolute atomic E-state index is 0.153. The van der Waals surface area contributed by atoms with Gasteiger partial charge < -0.3 is 10.2 Å². The molecule has 1 N–H and O–H groups in total. The summed E-state index contributed by atoms with van der Waals surface area (Å²) in [7, 11) is 0. The van der Waals surface area contributed by atoms with Crippen LogP contribution in [0.5, 0.6) is 0 Å². The predicted molar refractivity (Wildman–Crippen MR) is 80.4 cm³/mol. The molecule has 1 unspecified atom stereocenters. The standard InChI is InChI=1S/C17H24N2O/c1-2-17(9-10-18-13-17)16(20)19-11-5-8-14-6-3-4-7-15(14)12-19/h3-4,6-7,18H,2,5,8-13H2,1H3. The predicted octanol–water partition coefficient (Wildman–Crippen LogP) is 2.35. The van der Waals surface area contributed by atoms with E-state index in [0.717, 1.165) is 51.9 Å². The second-order valence-corrected chi connectivity index (χ2v) is 6.16. The van der Waals surface area contributed by atoms with Gasteiger partial charge in [-0.3, -0.25) is 4.79 Å². The number of benzene rings is 1. The van der Waals surface area contributed by atoms with Gasteiger partial charge in [0, 0.05) is 19.6 Å². The molecule has 1 saturated heterocycles. The summed E-state index contributed by atoms with van der Waals surface area (Å²) in [5.41, 5.74) is 2.59. The summed E-state index contributed by atoms with van der Waals surface area (Å²) >= 11 is 0. The first-order valence-corrected chi connectivity index (χ1v) is 7.82. The number of nitrogens with one attached hydrogen (secondary N) is 1. The van der Waals surface area contributed by atoms with Gasteiger partial charge in [0.1, 0.15) is 0 Å². The Kier molecular flexibility index (Phi) is 3.79. The second-order valence-electron chi connectivity index (χ2n) is 6.16. The third-order valence-corrected chi connectivity index (χ3v) is 5.02. The van der Waals surface area contributed by atoms with E-state index in [9.17, 15) is 4.79 Å². The van der Waals surface area contributed by atoms with E-state index >= 15 is 0 Å². The highest BCUT2D eigenvalue weighted by atomic mass is 16.2. The molecular weight excluding hydrogens is 248 g/mol. The van der Waals surface area contributed by atoms with Crippen LogP contribution in [0, 0.1) is 5.41 Å². The lowest BCUT2D eigenvalue weighted by Gasteiger charge is -2.32. The lowest BCUT2D eigenvalue weighted by atomic mass is 9.82. The molecule has 0 radical (unpaired) electrons. The zero-order valence-electron chi connectivity index (χ0n) is 12.3. The van der Waals surface area contributed by atoms with Crippen LogP contribution in [0.15, 0.2) is 24.3 Å². The first-order valence-electron chi connectivity index (χ1n) is 7.82. The fraction of sp³-hybridized carbons (Fsp3) is 0.588. The van der Waals surface area contributed by atoms with Crippen molar-refractivity contribution in [1.82, 2.24) is 10.2 Å². The summed E-state index contributed by atoms with van der Waals surface area (Å²) in [5.74, 6) is 0.363. The van der Waals surface area contributed by atoms with Crippen molar-refractivity contribution in [3.05, 3.63) is 35.4 Å². The quantitative estimate of drug-likeness (QED) is 0.896. The van der Waals surface area contributed by atoms with Gasteiger partial charge in [-0.15, -0.1) is 0 Å². The van der Waals surface area contributed by atoms with Gasteiger partial charge in [-0.2, -0.15) is 0 Å². The lowest BCUT2D eigenvalue weighted by molar-refractivity contribution is -0.142. The largest absolute Gasteiger partial charge is 0.338 e. The van der Waals surface area contributed by atoms with Crippen molar-refractivity contribution in [2.75, 3.05) is 19.6 Å². The molecule has 2 heterocycles. The van der Waals surface area contributed by atoms with Crippen LogP contribution in [0.4, 0.5) is 0 Å². The van der Waals surface area contributed by atoms with Crippen LogP contribution in [-0.4, -0.2) is 30.4 Å². The zero-order chi connectivity index (χ0) is 14.0. The van der Waals surface area contributed by atoms with Crippen molar-refractivity contribution in [2.45, 2.75) is 39.2 Å². The fourth-order valence-electron chi connectivity index (χ4n) is 3.59. The molecule has 0 saturated carbocycles. The number of nitrogens with zero attached hydrogens (tertiary/aromatic N) is 1. The number of carbonyl (C=O) groups is 1. The molecule has 2 aliphatic heterocycles. The molecule has 1 aromatic carbocycles. The number of rotatable bonds is 2. The molecule has 3 heteroatoms. The highest BCUT2D eigenvalue weighted by Gasteiger charge is 2.42. The van der Waals surface area contributed by atoms with Crippen molar-refractivity contribution in [3.63, 3.8) is 0 Å². The number of hydrogen-bond donors (Lipinski definition) is 1. The summed E-state index contributed by atoms with van der Waals surface area (Å²) in [6.45, 7) is 5.66. The minimum atomic E-state index is -0.153. The molecule has 0 bridgehead atoms. The van der Waals surface area contributed by atoms with Crippen molar-refractivity contribution in [3.8, 4) is 0 Å². The molecule has 3 nitrogen and oxygen atoms in total. The van der Waals surface area contributed by atoms with E-state index < -0.39 is 0 Å². The molecule has 2 aliphatic rings. The van der Waals surface area contributed by atoms with Gasteiger partial charge >= 0.3 is 0 Å². The van der Waals surface area contributed by atoms with Crippen LogP contribution in [0.25, 0.3) is 0 Å². The second kappa shape index (κ2) is 5.57. The monoisotopic (exact) mass is 272 g/mol. The van der Waals surface area contributed by atoms with E-state index in [1.807, 2.05) is 0 Å². The number of fused-ring (bicyclic) bond motifs is 1. The third kappa shape index (κ3) is 2.35. The molecule has 1 fully saturated rings. The van der Waals surface area contributed by atoms with Gasteiger partial charge in [-0.1, -0.05) is 31.2 Å². The van der Waals surface area contributed by atoms with E-state index in [-0.39, 0.29) is 5.41 Å². The van der Waals surface area contributed by atoms with Gasteiger partial charge in [0.05, 0.1) is 5.41 Å². The maximum Gasteiger partial charge on any atom is 0.230 e. The fourth-order valence-corrected chi connectivity index (χ4v) is 3.59. The number of carbonyl (C=O) groups excluding carboxylic acids is 1. The normalized spacial score (nSPS) is 26.1. The van der Waals surface area contributed by atoms with Crippen LogP contribution >= 0.6 is 0 Å². The average molecular weight is 272 g/mol.